The molecule has 74 valence electrons. The summed E-state index contributed by atoms with van der Waals surface area (Å²) in [5.41, 5.74) is 1.30. The van der Waals surface area contributed by atoms with Gasteiger partial charge in [0.1, 0.15) is 5.69 Å². The van der Waals surface area contributed by atoms with E-state index in [-0.39, 0.29) is 0 Å². The van der Waals surface area contributed by atoms with Crippen LogP contribution in [0.2, 0.25) is 0 Å². The average molecular weight is 207 g/mol. The van der Waals surface area contributed by atoms with Crippen LogP contribution in [0.4, 0.5) is 0 Å². The van der Waals surface area contributed by atoms with E-state index in [0.717, 1.165) is 11.8 Å². The van der Waals surface area contributed by atoms with Gasteiger partial charge in [0, 0.05) is 11.8 Å². The van der Waals surface area contributed by atoms with Crippen LogP contribution in [0.25, 0.3) is 0 Å². The molecule has 0 fully saturated rings. The molecule has 0 aromatic carbocycles. The Hall–Kier alpha value is -1.27. The van der Waals surface area contributed by atoms with Crippen molar-refractivity contribution in [1.82, 2.24) is 4.98 Å². The molecule has 0 N–H and O–H groups in total. The summed E-state index contributed by atoms with van der Waals surface area (Å²) in [7, 11) is -0.796. The topological polar surface area (TPSA) is 30.0 Å². The Morgan fingerprint density at radius 2 is 2.07 bits per heavy atom. The maximum atomic E-state index is 10.3. The van der Waals surface area contributed by atoms with E-state index in [1.165, 1.54) is 0 Å². The zero-order chi connectivity index (χ0) is 10.6. The van der Waals surface area contributed by atoms with Crippen LogP contribution < -0.4 is 0 Å². The molecule has 0 amide bonds. The van der Waals surface area contributed by atoms with Gasteiger partial charge in [-0.15, -0.1) is 0 Å². The number of aromatic nitrogens is 1. The third-order valence-electron chi connectivity index (χ3n) is 1.41. The van der Waals surface area contributed by atoms with E-state index in [9.17, 15) is 4.79 Å². The van der Waals surface area contributed by atoms with Crippen LogP contribution in [-0.2, 0) is 0 Å². The highest BCUT2D eigenvalue weighted by atomic mass is 32.3. The Morgan fingerprint density at radius 3 is 2.50 bits per heavy atom. The number of aldehydes is 1. The summed E-state index contributed by atoms with van der Waals surface area (Å²) in [6.07, 6.45) is 8.75. The number of carbonyl (C=O) groups is 1. The zero-order valence-electron chi connectivity index (χ0n) is 8.57. The predicted molar refractivity (Wildman–Crippen MR) is 61.9 cm³/mol. The Balaban J connectivity index is 2.87. The molecule has 1 rings (SSSR count). The number of nitrogens with zero attached hydrogens (tertiary/aromatic N) is 1. The predicted octanol–water partition coefficient (Wildman–Crippen LogP) is 1.90. The van der Waals surface area contributed by atoms with Crippen LogP contribution in [0.3, 0.4) is 0 Å². The molecule has 0 aliphatic rings. The van der Waals surface area contributed by atoms with E-state index < -0.39 is 10.0 Å². The fourth-order valence-electron chi connectivity index (χ4n) is 0.761. The normalized spacial score (nSPS) is 11.4. The molecule has 0 saturated heterocycles. The lowest BCUT2D eigenvalue weighted by Crippen LogP contribution is -1.88. The summed E-state index contributed by atoms with van der Waals surface area (Å²) in [6.45, 7) is 0. The van der Waals surface area contributed by atoms with E-state index in [1.54, 1.807) is 12.3 Å². The van der Waals surface area contributed by atoms with Crippen LogP contribution in [-0.4, -0.2) is 30.0 Å². The Labute approximate surface area is 86.1 Å². The summed E-state index contributed by atoms with van der Waals surface area (Å²) in [5.74, 6) is 3.04. The molecule has 1 heterocycles. The van der Waals surface area contributed by atoms with Crippen molar-refractivity contribution in [1.29, 1.82) is 0 Å². The molecule has 0 atom stereocenters. The van der Waals surface area contributed by atoms with Crippen molar-refractivity contribution in [2.75, 3.05) is 18.8 Å². The Bertz CT molecular complexity index is 378. The molecule has 0 aliphatic carbocycles. The van der Waals surface area contributed by atoms with Gasteiger partial charge in [0.2, 0.25) is 0 Å². The van der Waals surface area contributed by atoms with Crippen molar-refractivity contribution in [3.05, 3.63) is 29.6 Å². The summed E-state index contributed by atoms with van der Waals surface area (Å²) < 4.78 is 0. The van der Waals surface area contributed by atoms with Crippen molar-refractivity contribution < 1.29 is 4.79 Å². The quantitative estimate of drug-likeness (QED) is 0.520. The molecule has 0 unspecified atom stereocenters. The van der Waals surface area contributed by atoms with Crippen LogP contribution in [0.5, 0.6) is 0 Å². The number of hydrogen-bond donors (Lipinski definition) is 0. The molecule has 3 heteroatoms. The highest BCUT2D eigenvalue weighted by Crippen LogP contribution is 2.32. The minimum Gasteiger partial charge on any atom is -0.296 e. The first-order chi connectivity index (χ1) is 6.51. The van der Waals surface area contributed by atoms with Crippen LogP contribution in [0.1, 0.15) is 16.1 Å². The van der Waals surface area contributed by atoms with Gasteiger partial charge < -0.3 is 0 Å². The van der Waals surface area contributed by atoms with Crippen LogP contribution >= 0.6 is 10.0 Å². The highest BCUT2D eigenvalue weighted by molar-refractivity contribution is 8.35. The summed E-state index contributed by atoms with van der Waals surface area (Å²) in [4.78, 5) is 14.3. The Morgan fingerprint density at radius 1 is 1.36 bits per heavy atom. The van der Waals surface area contributed by atoms with Crippen LogP contribution in [0, 0.1) is 11.2 Å². The number of rotatable bonds is 1. The first-order valence-corrected chi connectivity index (χ1v) is 6.99. The SMILES string of the molecule is CS(C)(C)C#Cc1ccc(C=O)nc1. The van der Waals surface area contributed by atoms with Gasteiger partial charge in [-0.2, -0.15) is 10.0 Å². The maximum absolute atomic E-state index is 10.3. The van der Waals surface area contributed by atoms with Gasteiger partial charge in [0.25, 0.3) is 0 Å². The molecular weight excluding hydrogens is 194 g/mol. The monoisotopic (exact) mass is 207 g/mol. The molecule has 0 radical (unpaired) electrons. The molecular formula is C11H13NOS. The van der Waals surface area contributed by atoms with Gasteiger partial charge in [-0.3, -0.25) is 9.78 Å². The van der Waals surface area contributed by atoms with Gasteiger partial charge in [0.05, 0.1) is 0 Å². The largest absolute Gasteiger partial charge is 0.296 e. The van der Waals surface area contributed by atoms with E-state index in [0.29, 0.717) is 5.69 Å². The lowest BCUT2D eigenvalue weighted by molar-refractivity contribution is 0.111. The maximum Gasteiger partial charge on any atom is 0.168 e. The fraction of sp³-hybridized carbons (Fsp3) is 0.273. The smallest absolute Gasteiger partial charge is 0.168 e. The zero-order valence-corrected chi connectivity index (χ0v) is 9.39. The van der Waals surface area contributed by atoms with E-state index in [4.69, 9.17) is 0 Å². The second-order valence-corrected chi connectivity index (χ2v) is 7.53. The van der Waals surface area contributed by atoms with Gasteiger partial charge in [-0.1, -0.05) is 5.92 Å². The summed E-state index contributed by atoms with van der Waals surface area (Å²) >= 11 is 0. The lowest BCUT2D eigenvalue weighted by atomic mass is 10.3. The summed E-state index contributed by atoms with van der Waals surface area (Å²) in [5, 5.41) is 3.18. The van der Waals surface area contributed by atoms with Gasteiger partial charge in [0.15, 0.2) is 6.29 Å². The minimum absolute atomic E-state index is 0.443. The van der Waals surface area contributed by atoms with Gasteiger partial charge >= 0.3 is 0 Å². The molecule has 1 aromatic rings. The number of carbonyl (C=O) groups excluding carboxylic acids is 1. The fourth-order valence-corrected chi connectivity index (χ4v) is 1.19. The van der Waals surface area contributed by atoms with Gasteiger partial charge in [-0.25, -0.2) is 0 Å². The molecule has 0 spiro atoms. The molecule has 1 aromatic heterocycles. The van der Waals surface area contributed by atoms with Crippen molar-refractivity contribution in [2.45, 2.75) is 0 Å². The van der Waals surface area contributed by atoms with Crippen molar-refractivity contribution in [3.8, 4) is 11.2 Å². The molecule has 0 saturated carbocycles. The first kappa shape index (κ1) is 10.8. The average Bonchev–Trinajstić information content (AvgIpc) is 2.14. The third-order valence-corrected chi connectivity index (χ3v) is 2.12. The molecule has 0 aliphatic heterocycles. The number of hydrogen-bond acceptors (Lipinski definition) is 2. The number of pyridine rings is 1. The van der Waals surface area contributed by atoms with E-state index in [1.807, 2.05) is 6.07 Å². The second kappa shape index (κ2) is 4.30. The van der Waals surface area contributed by atoms with Crippen molar-refractivity contribution in [2.24, 2.45) is 0 Å². The van der Waals surface area contributed by atoms with E-state index >= 15 is 0 Å². The molecule has 14 heavy (non-hydrogen) atoms. The van der Waals surface area contributed by atoms with Gasteiger partial charge in [-0.05, 0) is 36.2 Å². The molecule has 2 nitrogen and oxygen atoms in total. The van der Waals surface area contributed by atoms with Crippen molar-refractivity contribution >= 4 is 16.3 Å². The van der Waals surface area contributed by atoms with Crippen LogP contribution in [0.15, 0.2) is 18.3 Å². The van der Waals surface area contributed by atoms with Crippen molar-refractivity contribution in [3.63, 3.8) is 0 Å². The second-order valence-electron chi connectivity index (χ2n) is 3.65. The standard InChI is InChI=1S/C11H13NOS/c1-14(2,3)7-6-10-4-5-11(9-13)12-8-10/h4-5,8-9H,1-3H3. The first-order valence-electron chi connectivity index (χ1n) is 4.13. The molecule has 0 bridgehead atoms. The third kappa shape index (κ3) is 3.63. The summed E-state index contributed by atoms with van der Waals surface area (Å²) in [6, 6.07) is 3.49. The minimum atomic E-state index is -0.796. The lowest BCUT2D eigenvalue weighted by Gasteiger charge is -2.14. The van der Waals surface area contributed by atoms with E-state index in [2.05, 4.69) is 34.9 Å². The Kier molecular flexibility index (Phi) is 3.32. The highest BCUT2D eigenvalue weighted by Gasteiger charge is 1.96.